The summed E-state index contributed by atoms with van der Waals surface area (Å²) >= 11 is 0. The van der Waals surface area contributed by atoms with Crippen LogP contribution in [0.15, 0.2) is 12.1 Å². The van der Waals surface area contributed by atoms with Crippen molar-refractivity contribution in [3.05, 3.63) is 17.7 Å². The van der Waals surface area contributed by atoms with E-state index in [1.165, 1.54) is 0 Å². The van der Waals surface area contributed by atoms with Gasteiger partial charge in [0.05, 0.1) is 21.3 Å². The summed E-state index contributed by atoms with van der Waals surface area (Å²) in [5, 5.41) is 9.25. The standard InChI is InChI=1S/C15H21NO5/c1-19-12-7-6-10(13(20-2)14(12)21-3)9-16-8-4-5-11(16)15(17)18/h6-7,11H,4-5,8-9H2,1-3H3,(H,17,18). The van der Waals surface area contributed by atoms with Crippen molar-refractivity contribution in [3.63, 3.8) is 0 Å². The lowest BCUT2D eigenvalue weighted by Gasteiger charge is -2.23. The lowest BCUT2D eigenvalue weighted by atomic mass is 10.1. The molecule has 6 nitrogen and oxygen atoms in total. The molecule has 2 rings (SSSR count). The van der Waals surface area contributed by atoms with E-state index >= 15 is 0 Å². The molecule has 116 valence electrons. The van der Waals surface area contributed by atoms with Crippen LogP contribution in [0.25, 0.3) is 0 Å². The number of hydrogen-bond donors (Lipinski definition) is 1. The topological polar surface area (TPSA) is 68.2 Å². The monoisotopic (exact) mass is 295 g/mol. The molecule has 1 heterocycles. The van der Waals surface area contributed by atoms with Gasteiger partial charge >= 0.3 is 5.97 Å². The van der Waals surface area contributed by atoms with Crippen molar-refractivity contribution < 1.29 is 24.1 Å². The number of rotatable bonds is 6. The Kier molecular flexibility index (Phi) is 4.90. The maximum atomic E-state index is 11.3. The number of benzene rings is 1. The largest absolute Gasteiger partial charge is 0.493 e. The molecule has 0 saturated carbocycles. The van der Waals surface area contributed by atoms with Crippen LogP contribution >= 0.6 is 0 Å². The predicted molar refractivity (Wildman–Crippen MR) is 77.2 cm³/mol. The highest BCUT2D eigenvalue weighted by Crippen LogP contribution is 2.40. The van der Waals surface area contributed by atoms with Crippen LogP contribution < -0.4 is 14.2 Å². The first-order valence-electron chi connectivity index (χ1n) is 6.87. The average molecular weight is 295 g/mol. The summed E-state index contributed by atoms with van der Waals surface area (Å²) in [5.74, 6) is 0.942. The zero-order valence-corrected chi connectivity index (χ0v) is 12.6. The summed E-state index contributed by atoms with van der Waals surface area (Å²) in [4.78, 5) is 13.2. The molecule has 1 N–H and O–H groups in total. The van der Waals surface area contributed by atoms with Gasteiger partial charge in [0.15, 0.2) is 11.5 Å². The fourth-order valence-corrected chi connectivity index (χ4v) is 2.80. The van der Waals surface area contributed by atoms with Crippen molar-refractivity contribution in [2.45, 2.75) is 25.4 Å². The van der Waals surface area contributed by atoms with Crippen molar-refractivity contribution in [1.82, 2.24) is 4.90 Å². The molecule has 0 bridgehead atoms. The maximum absolute atomic E-state index is 11.3. The third-order valence-corrected chi connectivity index (χ3v) is 3.81. The van der Waals surface area contributed by atoms with Gasteiger partial charge in [0, 0.05) is 12.1 Å². The molecule has 1 unspecified atom stereocenters. The summed E-state index contributed by atoms with van der Waals surface area (Å²) in [5.41, 5.74) is 0.892. The van der Waals surface area contributed by atoms with E-state index < -0.39 is 12.0 Å². The summed E-state index contributed by atoms with van der Waals surface area (Å²) in [6.07, 6.45) is 1.58. The van der Waals surface area contributed by atoms with Crippen molar-refractivity contribution in [2.75, 3.05) is 27.9 Å². The molecule has 6 heteroatoms. The Bertz CT molecular complexity index is 517. The van der Waals surface area contributed by atoms with E-state index in [1.54, 1.807) is 21.3 Å². The van der Waals surface area contributed by atoms with E-state index in [2.05, 4.69) is 0 Å². The van der Waals surface area contributed by atoms with Gasteiger partial charge in [0.25, 0.3) is 0 Å². The molecule has 1 atom stereocenters. The normalized spacial score (nSPS) is 18.5. The smallest absolute Gasteiger partial charge is 0.320 e. The number of carbonyl (C=O) groups is 1. The summed E-state index contributed by atoms with van der Waals surface area (Å²) in [6, 6.07) is 3.27. The molecule has 1 aliphatic rings. The van der Waals surface area contributed by atoms with Crippen molar-refractivity contribution in [2.24, 2.45) is 0 Å². The lowest BCUT2D eigenvalue weighted by Crippen LogP contribution is -2.35. The number of aliphatic carboxylic acids is 1. The van der Waals surface area contributed by atoms with E-state index in [-0.39, 0.29) is 0 Å². The highest BCUT2D eigenvalue weighted by atomic mass is 16.5. The van der Waals surface area contributed by atoms with Gasteiger partial charge in [0.2, 0.25) is 5.75 Å². The fraction of sp³-hybridized carbons (Fsp3) is 0.533. The second-order valence-electron chi connectivity index (χ2n) is 4.96. The Hall–Kier alpha value is -1.95. The van der Waals surface area contributed by atoms with Gasteiger partial charge in [0.1, 0.15) is 6.04 Å². The third-order valence-electron chi connectivity index (χ3n) is 3.81. The average Bonchev–Trinajstić information content (AvgIpc) is 2.94. The molecule has 0 aliphatic carbocycles. The minimum absolute atomic E-state index is 0.428. The van der Waals surface area contributed by atoms with Crippen molar-refractivity contribution >= 4 is 5.97 Å². The SMILES string of the molecule is COc1ccc(CN2CCCC2C(=O)O)c(OC)c1OC. The Morgan fingerprint density at radius 3 is 2.52 bits per heavy atom. The molecule has 1 fully saturated rings. The zero-order valence-electron chi connectivity index (χ0n) is 12.6. The maximum Gasteiger partial charge on any atom is 0.320 e. The fourth-order valence-electron chi connectivity index (χ4n) is 2.80. The molecule has 1 aliphatic heterocycles. The summed E-state index contributed by atoms with van der Waals surface area (Å²) < 4.78 is 16.0. The third kappa shape index (κ3) is 3.05. The van der Waals surface area contributed by atoms with Crippen LogP contribution in [0.2, 0.25) is 0 Å². The van der Waals surface area contributed by atoms with Gasteiger partial charge in [-0.25, -0.2) is 0 Å². The Morgan fingerprint density at radius 2 is 1.95 bits per heavy atom. The number of carboxylic acids is 1. The van der Waals surface area contributed by atoms with Gasteiger partial charge in [-0.3, -0.25) is 9.69 Å². The molecule has 0 spiro atoms. The van der Waals surface area contributed by atoms with E-state index in [0.29, 0.717) is 30.2 Å². The van der Waals surface area contributed by atoms with E-state index in [0.717, 1.165) is 18.5 Å². The number of likely N-dealkylation sites (tertiary alicyclic amines) is 1. The first-order chi connectivity index (χ1) is 10.1. The van der Waals surface area contributed by atoms with Crippen LogP contribution in [0, 0.1) is 0 Å². The van der Waals surface area contributed by atoms with Crippen LogP contribution in [-0.2, 0) is 11.3 Å². The number of methoxy groups -OCH3 is 3. The first-order valence-corrected chi connectivity index (χ1v) is 6.87. The second-order valence-corrected chi connectivity index (χ2v) is 4.96. The molecule has 0 radical (unpaired) electrons. The number of nitrogens with zero attached hydrogens (tertiary/aromatic N) is 1. The van der Waals surface area contributed by atoms with Crippen molar-refractivity contribution in [1.29, 1.82) is 0 Å². The Balaban J connectivity index is 2.29. The number of carboxylic acid groups (broad SMARTS) is 1. The zero-order chi connectivity index (χ0) is 15.4. The van der Waals surface area contributed by atoms with Gasteiger partial charge in [-0.05, 0) is 25.5 Å². The lowest BCUT2D eigenvalue weighted by molar-refractivity contribution is -0.142. The quantitative estimate of drug-likeness (QED) is 0.862. The van der Waals surface area contributed by atoms with Crippen LogP contribution in [0.1, 0.15) is 18.4 Å². The van der Waals surface area contributed by atoms with Crippen molar-refractivity contribution in [3.8, 4) is 17.2 Å². The van der Waals surface area contributed by atoms with Crippen LogP contribution in [-0.4, -0.2) is 49.9 Å². The summed E-state index contributed by atoms with van der Waals surface area (Å²) in [7, 11) is 4.69. The predicted octanol–water partition coefficient (Wildman–Crippen LogP) is 1.76. The molecule has 0 amide bonds. The van der Waals surface area contributed by atoms with Gasteiger partial charge in [-0.15, -0.1) is 0 Å². The van der Waals surface area contributed by atoms with Gasteiger partial charge in [-0.2, -0.15) is 0 Å². The Labute approximate surface area is 124 Å². The van der Waals surface area contributed by atoms with Gasteiger partial charge in [-0.1, -0.05) is 6.07 Å². The molecule has 1 aromatic rings. The molecular formula is C15H21NO5. The van der Waals surface area contributed by atoms with Crippen LogP contribution in [0.4, 0.5) is 0 Å². The molecule has 21 heavy (non-hydrogen) atoms. The summed E-state index contributed by atoms with van der Waals surface area (Å²) in [6.45, 7) is 1.29. The minimum atomic E-state index is -0.771. The van der Waals surface area contributed by atoms with Gasteiger partial charge < -0.3 is 19.3 Å². The van der Waals surface area contributed by atoms with E-state index in [4.69, 9.17) is 14.2 Å². The second kappa shape index (κ2) is 6.67. The molecule has 0 aromatic heterocycles. The molecular weight excluding hydrogens is 274 g/mol. The van der Waals surface area contributed by atoms with E-state index in [1.807, 2.05) is 17.0 Å². The molecule has 1 aromatic carbocycles. The van der Waals surface area contributed by atoms with Crippen LogP contribution in [0.5, 0.6) is 17.2 Å². The van der Waals surface area contributed by atoms with Crippen LogP contribution in [0.3, 0.4) is 0 Å². The highest BCUT2D eigenvalue weighted by molar-refractivity contribution is 5.73. The van der Waals surface area contributed by atoms with E-state index in [9.17, 15) is 9.90 Å². The number of ether oxygens (including phenoxy) is 3. The first kappa shape index (κ1) is 15.4. The number of hydrogen-bond acceptors (Lipinski definition) is 5. The Morgan fingerprint density at radius 1 is 1.24 bits per heavy atom. The minimum Gasteiger partial charge on any atom is -0.493 e. The molecule has 1 saturated heterocycles. The highest BCUT2D eigenvalue weighted by Gasteiger charge is 2.31.